The lowest BCUT2D eigenvalue weighted by molar-refractivity contribution is 0.102. The van der Waals surface area contributed by atoms with Crippen molar-refractivity contribution in [2.75, 3.05) is 12.4 Å². The van der Waals surface area contributed by atoms with Crippen molar-refractivity contribution in [3.63, 3.8) is 0 Å². The summed E-state index contributed by atoms with van der Waals surface area (Å²) in [5.41, 5.74) is 1.22. The largest absolute Gasteiger partial charge is 0.507 e. The third-order valence-corrected chi connectivity index (χ3v) is 2.89. The van der Waals surface area contributed by atoms with Crippen LogP contribution < -0.4 is 10.1 Å². The maximum atomic E-state index is 13.0. The molecule has 2 aromatic carbocycles. The second kappa shape index (κ2) is 5.61. The Bertz CT molecular complexity index is 656. The van der Waals surface area contributed by atoms with Gasteiger partial charge in [-0.15, -0.1) is 0 Å². The Hall–Kier alpha value is -2.56. The van der Waals surface area contributed by atoms with Crippen molar-refractivity contribution < 1.29 is 19.0 Å². The van der Waals surface area contributed by atoms with E-state index in [0.717, 1.165) is 0 Å². The molecule has 104 valence electrons. The summed E-state index contributed by atoms with van der Waals surface area (Å²) in [6.07, 6.45) is 0. The average molecular weight is 275 g/mol. The number of phenols is 1. The van der Waals surface area contributed by atoms with Crippen LogP contribution in [-0.2, 0) is 0 Å². The Morgan fingerprint density at radius 1 is 1.25 bits per heavy atom. The number of amides is 1. The van der Waals surface area contributed by atoms with Crippen LogP contribution in [0.3, 0.4) is 0 Å². The number of ether oxygens (including phenoxy) is 1. The molecular weight excluding hydrogens is 261 g/mol. The first-order valence-electron chi connectivity index (χ1n) is 5.96. The number of halogens is 1. The summed E-state index contributed by atoms with van der Waals surface area (Å²) in [4.78, 5) is 12.1. The first-order chi connectivity index (χ1) is 9.51. The van der Waals surface area contributed by atoms with Gasteiger partial charge in [-0.2, -0.15) is 0 Å². The molecule has 1 amide bonds. The molecule has 20 heavy (non-hydrogen) atoms. The third kappa shape index (κ3) is 2.88. The molecule has 0 aliphatic carbocycles. The van der Waals surface area contributed by atoms with Gasteiger partial charge in [-0.3, -0.25) is 4.79 Å². The smallest absolute Gasteiger partial charge is 0.259 e. The van der Waals surface area contributed by atoms with E-state index in [-0.39, 0.29) is 17.1 Å². The van der Waals surface area contributed by atoms with Gasteiger partial charge in [-0.1, -0.05) is 0 Å². The zero-order chi connectivity index (χ0) is 14.7. The quantitative estimate of drug-likeness (QED) is 0.905. The SMILES string of the molecule is COc1ccc(C(=O)Nc2ccc(F)cc2C)c(O)c1. The van der Waals surface area contributed by atoms with Gasteiger partial charge < -0.3 is 15.2 Å². The summed E-state index contributed by atoms with van der Waals surface area (Å²) in [7, 11) is 1.47. The highest BCUT2D eigenvalue weighted by Crippen LogP contribution is 2.25. The van der Waals surface area contributed by atoms with Crippen LogP contribution in [-0.4, -0.2) is 18.1 Å². The molecule has 0 spiro atoms. The molecule has 2 aromatic rings. The molecule has 0 aliphatic heterocycles. The van der Waals surface area contributed by atoms with Crippen LogP contribution in [0.15, 0.2) is 36.4 Å². The van der Waals surface area contributed by atoms with Gasteiger partial charge in [0.1, 0.15) is 17.3 Å². The molecule has 0 aromatic heterocycles. The number of rotatable bonds is 3. The number of hydrogen-bond donors (Lipinski definition) is 2. The van der Waals surface area contributed by atoms with Crippen molar-refractivity contribution in [3.05, 3.63) is 53.3 Å². The van der Waals surface area contributed by atoms with Crippen molar-refractivity contribution in [2.45, 2.75) is 6.92 Å². The summed E-state index contributed by atoms with van der Waals surface area (Å²) in [6, 6.07) is 8.45. The van der Waals surface area contributed by atoms with Crippen molar-refractivity contribution in [1.82, 2.24) is 0 Å². The van der Waals surface area contributed by atoms with E-state index in [4.69, 9.17) is 4.74 Å². The van der Waals surface area contributed by atoms with Gasteiger partial charge in [0, 0.05) is 11.8 Å². The van der Waals surface area contributed by atoms with E-state index >= 15 is 0 Å². The second-order valence-corrected chi connectivity index (χ2v) is 4.30. The van der Waals surface area contributed by atoms with Crippen molar-refractivity contribution >= 4 is 11.6 Å². The molecule has 0 unspecified atom stereocenters. The predicted molar refractivity (Wildman–Crippen MR) is 73.7 cm³/mol. The maximum absolute atomic E-state index is 13.0. The highest BCUT2D eigenvalue weighted by molar-refractivity contribution is 6.06. The van der Waals surface area contributed by atoms with Crippen LogP contribution >= 0.6 is 0 Å². The molecular formula is C15H14FNO3. The number of methoxy groups -OCH3 is 1. The van der Waals surface area contributed by atoms with E-state index in [1.54, 1.807) is 13.0 Å². The van der Waals surface area contributed by atoms with Gasteiger partial charge >= 0.3 is 0 Å². The minimum Gasteiger partial charge on any atom is -0.507 e. The number of phenolic OH excluding ortho intramolecular Hbond substituents is 1. The van der Waals surface area contributed by atoms with E-state index in [0.29, 0.717) is 17.0 Å². The summed E-state index contributed by atoms with van der Waals surface area (Å²) >= 11 is 0. The number of benzene rings is 2. The molecule has 0 heterocycles. The van der Waals surface area contributed by atoms with Crippen molar-refractivity contribution in [3.8, 4) is 11.5 Å². The van der Waals surface area contributed by atoms with Crippen molar-refractivity contribution in [2.24, 2.45) is 0 Å². The number of aryl methyl sites for hydroxylation is 1. The lowest BCUT2D eigenvalue weighted by Crippen LogP contribution is -2.13. The molecule has 0 atom stereocenters. The standard InChI is InChI=1S/C15H14FNO3/c1-9-7-10(16)3-6-13(9)17-15(19)12-5-4-11(20-2)8-14(12)18/h3-8,18H,1-2H3,(H,17,19). The first kappa shape index (κ1) is 13.9. The number of carbonyl (C=O) groups is 1. The molecule has 0 aliphatic rings. The second-order valence-electron chi connectivity index (χ2n) is 4.30. The van der Waals surface area contributed by atoms with Gasteiger partial charge in [-0.05, 0) is 42.8 Å². The van der Waals surface area contributed by atoms with Crippen LogP contribution in [0.2, 0.25) is 0 Å². The molecule has 0 radical (unpaired) electrons. The van der Waals surface area contributed by atoms with Crippen LogP contribution in [0.5, 0.6) is 11.5 Å². The Balaban J connectivity index is 2.24. The van der Waals surface area contributed by atoms with E-state index in [1.807, 2.05) is 0 Å². The van der Waals surface area contributed by atoms with Gasteiger partial charge in [0.25, 0.3) is 5.91 Å². The molecule has 2 N–H and O–H groups in total. The lowest BCUT2D eigenvalue weighted by atomic mass is 10.1. The highest BCUT2D eigenvalue weighted by atomic mass is 19.1. The van der Waals surface area contributed by atoms with E-state index in [9.17, 15) is 14.3 Å². The maximum Gasteiger partial charge on any atom is 0.259 e. The summed E-state index contributed by atoms with van der Waals surface area (Å²) in [6.45, 7) is 1.69. The fraction of sp³-hybridized carbons (Fsp3) is 0.133. The fourth-order valence-electron chi connectivity index (χ4n) is 1.79. The molecule has 5 heteroatoms. The number of hydrogen-bond acceptors (Lipinski definition) is 3. The Kier molecular flexibility index (Phi) is 3.89. The third-order valence-electron chi connectivity index (χ3n) is 2.89. The van der Waals surface area contributed by atoms with E-state index in [2.05, 4.69) is 5.32 Å². The highest BCUT2D eigenvalue weighted by Gasteiger charge is 2.13. The molecule has 0 saturated heterocycles. The topological polar surface area (TPSA) is 58.6 Å². The number of nitrogens with one attached hydrogen (secondary N) is 1. The van der Waals surface area contributed by atoms with Crippen LogP contribution in [0.1, 0.15) is 15.9 Å². The predicted octanol–water partition coefficient (Wildman–Crippen LogP) is 3.10. The average Bonchev–Trinajstić information content (AvgIpc) is 2.41. The minimum atomic E-state index is -0.472. The monoisotopic (exact) mass is 275 g/mol. The Morgan fingerprint density at radius 2 is 2.00 bits per heavy atom. The van der Waals surface area contributed by atoms with Crippen LogP contribution in [0.4, 0.5) is 10.1 Å². The molecule has 4 nitrogen and oxygen atoms in total. The molecule has 2 rings (SSSR count). The van der Waals surface area contributed by atoms with Gasteiger partial charge in [0.2, 0.25) is 0 Å². The lowest BCUT2D eigenvalue weighted by Gasteiger charge is -2.10. The molecule has 0 saturated carbocycles. The number of anilines is 1. The summed E-state index contributed by atoms with van der Waals surface area (Å²) in [5.74, 6) is -0.564. The summed E-state index contributed by atoms with van der Waals surface area (Å²) in [5, 5.41) is 12.4. The number of carbonyl (C=O) groups excluding carboxylic acids is 1. The molecule has 0 fully saturated rings. The van der Waals surface area contributed by atoms with Gasteiger partial charge in [0.15, 0.2) is 0 Å². The van der Waals surface area contributed by atoms with E-state index in [1.165, 1.54) is 37.4 Å². The Labute approximate surface area is 115 Å². The van der Waals surface area contributed by atoms with Crippen molar-refractivity contribution in [1.29, 1.82) is 0 Å². The van der Waals surface area contributed by atoms with E-state index < -0.39 is 5.91 Å². The Morgan fingerprint density at radius 3 is 2.60 bits per heavy atom. The fourth-order valence-corrected chi connectivity index (χ4v) is 1.79. The van der Waals surface area contributed by atoms with Gasteiger partial charge in [-0.25, -0.2) is 4.39 Å². The summed E-state index contributed by atoms with van der Waals surface area (Å²) < 4.78 is 17.9. The number of aromatic hydroxyl groups is 1. The first-order valence-corrected chi connectivity index (χ1v) is 5.96. The van der Waals surface area contributed by atoms with Gasteiger partial charge in [0.05, 0.1) is 12.7 Å². The minimum absolute atomic E-state index is 0.120. The zero-order valence-electron chi connectivity index (χ0n) is 11.1. The van der Waals surface area contributed by atoms with Crippen LogP contribution in [0, 0.1) is 12.7 Å². The molecule has 0 bridgehead atoms. The zero-order valence-corrected chi connectivity index (χ0v) is 11.1. The normalized spacial score (nSPS) is 10.2. The van der Waals surface area contributed by atoms with Crippen LogP contribution in [0.25, 0.3) is 0 Å².